The van der Waals surface area contributed by atoms with Gasteiger partial charge in [-0.05, 0) is 36.8 Å². The smallest absolute Gasteiger partial charge is 0.129 e. The van der Waals surface area contributed by atoms with Crippen molar-refractivity contribution in [1.82, 2.24) is 5.32 Å². The Labute approximate surface area is 119 Å². The molecule has 1 heterocycles. The zero-order chi connectivity index (χ0) is 14.6. The van der Waals surface area contributed by atoms with Crippen LogP contribution < -0.4 is 5.32 Å². The summed E-state index contributed by atoms with van der Waals surface area (Å²) in [5.41, 5.74) is 0.0888. The Morgan fingerprint density at radius 3 is 2.35 bits per heavy atom. The summed E-state index contributed by atoms with van der Waals surface area (Å²) in [6.45, 7) is 6.25. The minimum atomic E-state index is -0.444. The minimum absolute atomic E-state index is 0.119. The standard InChI is InChI=1S/C16H23F2NO/c1-12(2)19-11-16(6-8-20-9-7-16)10-13-14(17)4-3-5-15(13)18/h3-5,12,19H,6-11H2,1-2H3. The van der Waals surface area contributed by atoms with E-state index in [1.54, 1.807) is 0 Å². The van der Waals surface area contributed by atoms with E-state index in [2.05, 4.69) is 19.2 Å². The second-order valence-corrected chi connectivity index (χ2v) is 6.02. The van der Waals surface area contributed by atoms with Crippen molar-refractivity contribution in [2.24, 2.45) is 5.41 Å². The second-order valence-electron chi connectivity index (χ2n) is 6.02. The second kappa shape index (κ2) is 6.64. The molecule has 0 spiro atoms. The average molecular weight is 283 g/mol. The molecule has 0 amide bonds. The van der Waals surface area contributed by atoms with E-state index in [4.69, 9.17) is 4.74 Å². The van der Waals surface area contributed by atoms with E-state index >= 15 is 0 Å². The van der Waals surface area contributed by atoms with Gasteiger partial charge in [0.2, 0.25) is 0 Å². The van der Waals surface area contributed by atoms with Crippen LogP contribution in [0.25, 0.3) is 0 Å². The van der Waals surface area contributed by atoms with E-state index in [1.807, 2.05) is 0 Å². The SMILES string of the molecule is CC(C)NCC1(Cc2c(F)cccc2F)CCOCC1. The first-order valence-electron chi connectivity index (χ1n) is 7.26. The molecule has 20 heavy (non-hydrogen) atoms. The van der Waals surface area contributed by atoms with Gasteiger partial charge in [0, 0.05) is 31.4 Å². The number of ether oxygens (including phenoxy) is 1. The Morgan fingerprint density at radius 2 is 1.80 bits per heavy atom. The highest BCUT2D eigenvalue weighted by atomic mass is 19.1. The van der Waals surface area contributed by atoms with Crippen LogP contribution in [0.2, 0.25) is 0 Å². The Balaban J connectivity index is 2.18. The molecule has 1 aromatic rings. The molecule has 1 aliphatic heterocycles. The zero-order valence-corrected chi connectivity index (χ0v) is 12.2. The van der Waals surface area contributed by atoms with Crippen molar-refractivity contribution in [2.75, 3.05) is 19.8 Å². The summed E-state index contributed by atoms with van der Waals surface area (Å²) in [5, 5.41) is 3.41. The fraction of sp³-hybridized carbons (Fsp3) is 0.625. The molecule has 0 saturated carbocycles. The first kappa shape index (κ1) is 15.4. The van der Waals surface area contributed by atoms with Crippen molar-refractivity contribution in [2.45, 2.75) is 39.2 Å². The van der Waals surface area contributed by atoms with E-state index in [0.717, 1.165) is 19.4 Å². The highest BCUT2D eigenvalue weighted by molar-refractivity contribution is 5.21. The molecule has 0 bridgehead atoms. The van der Waals surface area contributed by atoms with E-state index in [0.29, 0.717) is 25.7 Å². The summed E-state index contributed by atoms with van der Waals surface area (Å²) >= 11 is 0. The highest BCUT2D eigenvalue weighted by Gasteiger charge is 2.34. The quantitative estimate of drug-likeness (QED) is 0.895. The van der Waals surface area contributed by atoms with Crippen LogP contribution in [0.4, 0.5) is 8.78 Å². The van der Waals surface area contributed by atoms with Gasteiger partial charge < -0.3 is 10.1 Å². The van der Waals surface area contributed by atoms with Crippen molar-refractivity contribution in [3.63, 3.8) is 0 Å². The van der Waals surface area contributed by atoms with Crippen LogP contribution >= 0.6 is 0 Å². The maximum absolute atomic E-state index is 13.9. The molecule has 0 aromatic heterocycles. The summed E-state index contributed by atoms with van der Waals surface area (Å²) in [6, 6.07) is 4.44. The van der Waals surface area contributed by atoms with Crippen molar-refractivity contribution < 1.29 is 13.5 Å². The average Bonchev–Trinajstić information content (AvgIpc) is 2.42. The molecule has 1 N–H and O–H groups in total. The topological polar surface area (TPSA) is 21.3 Å². The Bertz CT molecular complexity index is 422. The molecule has 1 aliphatic rings. The lowest BCUT2D eigenvalue weighted by atomic mass is 9.75. The Hall–Kier alpha value is -1.00. The van der Waals surface area contributed by atoms with E-state index in [1.165, 1.54) is 18.2 Å². The van der Waals surface area contributed by atoms with Crippen LogP contribution in [0, 0.1) is 17.0 Å². The van der Waals surface area contributed by atoms with Gasteiger partial charge in [0.25, 0.3) is 0 Å². The first-order chi connectivity index (χ1) is 9.52. The summed E-state index contributed by atoms with van der Waals surface area (Å²) in [6.07, 6.45) is 2.09. The lowest BCUT2D eigenvalue weighted by Gasteiger charge is -2.38. The largest absolute Gasteiger partial charge is 0.381 e. The molecule has 0 radical (unpaired) electrons. The summed E-state index contributed by atoms with van der Waals surface area (Å²) in [5.74, 6) is -0.888. The molecule has 2 nitrogen and oxygen atoms in total. The molecular formula is C16H23F2NO. The van der Waals surface area contributed by atoms with Crippen molar-refractivity contribution in [3.8, 4) is 0 Å². The van der Waals surface area contributed by atoms with Crippen LogP contribution in [0.5, 0.6) is 0 Å². The minimum Gasteiger partial charge on any atom is -0.381 e. The van der Waals surface area contributed by atoms with Gasteiger partial charge in [0.1, 0.15) is 11.6 Å². The van der Waals surface area contributed by atoms with Gasteiger partial charge in [-0.3, -0.25) is 0 Å². The Kier molecular flexibility index (Phi) is 5.11. The van der Waals surface area contributed by atoms with Crippen LogP contribution in [0.1, 0.15) is 32.3 Å². The first-order valence-corrected chi connectivity index (χ1v) is 7.26. The normalized spacial score (nSPS) is 18.4. The third kappa shape index (κ3) is 3.76. The maximum atomic E-state index is 13.9. The van der Waals surface area contributed by atoms with Crippen LogP contribution in [-0.4, -0.2) is 25.8 Å². The molecule has 1 aromatic carbocycles. The van der Waals surface area contributed by atoms with Crippen molar-refractivity contribution in [1.29, 1.82) is 0 Å². The molecule has 0 unspecified atom stereocenters. The number of hydrogen-bond acceptors (Lipinski definition) is 2. The van der Waals surface area contributed by atoms with Gasteiger partial charge >= 0.3 is 0 Å². The molecule has 1 fully saturated rings. The van der Waals surface area contributed by atoms with Gasteiger partial charge in [-0.25, -0.2) is 8.78 Å². The van der Waals surface area contributed by atoms with Gasteiger partial charge in [-0.2, -0.15) is 0 Å². The summed E-state index contributed by atoms with van der Waals surface area (Å²) < 4.78 is 33.2. The highest BCUT2D eigenvalue weighted by Crippen LogP contribution is 2.35. The summed E-state index contributed by atoms with van der Waals surface area (Å²) in [4.78, 5) is 0. The van der Waals surface area contributed by atoms with Crippen LogP contribution in [0.3, 0.4) is 0 Å². The molecule has 4 heteroatoms. The molecule has 112 valence electrons. The van der Waals surface area contributed by atoms with Crippen LogP contribution in [0.15, 0.2) is 18.2 Å². The lowest BCUT2D eigenvalue weighted by Crippen LogP contribution is -2.43. The van der Waals surface area contributed by atoms with E-state index < -0.39 is 11.6 Å². The van der Waals surface area contributed by atoms with Gasteiger partial charge in [-0.1, -0.05) is 19.9 Å². The number of hydrogen-bond donors (Lipinski definition) is 1. The lowest BCUT2D eigenvalue weighted by molar-refractivity contribution is 0.0133. The van der Waals surface area contributed by atoms with Gasteiger partial charge in [0.05, 0.1) is 0 Å². The third-order valence-electron chi connectivity index (χ3n) is 4.05. The van der Waals surface area contributed by atoms with Gasteiger partial charge in [0.15, 0.2) is 0 Å². The Morgan fingerprint density at radius 1 is 1.20 bits per heavy atom. The monoisotopic (exact) mass is 283 g/mol. The zero-order valence-electron chi connectivity index (χ0n) is 12.2. The molecule has 0 atom stereocenters. The predicted octanol–water partition coefficient (Wildman–Crippen LogP) is 3.30. The van der Waals surface area contributed by atoms with Gasteiger partial charge in [-0.15, -0.1) is 0 Å². The molecular weight excluding hydrogens is 260 g/mol. The van der Waals surface area contributed by atoms with E-state index in [-0.39, 0.29) is 11.0 Å². The third-order valence-corrected chi connectivity index (χ3v) is 4.05. The van der Waals surface area contributed by atoms with E-state index in [9.17, 15) is 8.78 Å². The molecule has 0 aliphatic carbocycles. The van der Waals surface area contributed by atoms with Crippen LogP contribution in [-0.2, 0) is 11.2 Å². The van der Waals surface area contributed by atoms with Crippen molar-refractivity contribution in [3.05, 3.63) is 35.4 Å². The maximum Gasteiger partial charge on any atom is 0.129 e. The molecule has 1 saturated heterocycles. The predicted molar refractivity (Wildman–Crippen MR) is 75.7 cm³/mol. The fourth-order valence-corrected chi connectivity index (χ4v) is 2.72. The van der Waals surface area contributed by atoms with Crippen molar-refractivity contribution >= 4 is 0 Å². The summed E-state index contributed by atoms with van der Waals surface area (Å²) in [7, 11) is 0. The number of halogens is 2. The fourth-order valence-electron chi connectivity index (χ4n) is 2.72. The number of benzene rings is 1. The molecule has 2 rings (SSSR count). The number of rotatable bonds is 5. The number of nitrogens with one attached hydrogen (secondary N) is 1.